The first-order valence-electron chi connectivity index (χ1n) is 8.14. The number of amides is 1. The molecule has 0 aliphatic carbocycles. The normalized spacial score (nSPS) is 20.6. The topological polar surface area (TPSA) is 71.4 Å². The summed E-state index contributed by atoms with van der Waals surface area (Å²) in [6.07, 6.45) is 4.49. The maximum absolute atomic E-state index is 12.9. The summed E-state index contributed by atoms with van der Waals surface area (Å²) < 4.78 is 1.63. The van der Waals surface area contributed by atoms with E-state index in [-0.39, 0.29) is 29.7 Å². The minimum atomic E-state index is -0.543. The Balaban J connectivity index is 2.04. The first-order chi connectivity index (χ1) is 10.8. The molecular weight excluding hydrogens is 294 g/mol. The molecule has 1 aromatic rings. The Bertz CT molecular complexity index is 715. The van der Waals surface area contributed by atoms with Gasteiger partial charge in [0, 0.05) is 36.2 Å². The maximum atomic E-state index is 12.9. The van der Waals surface area contributed by atoms with Crippen molar-refractivity contribution >= 4 is 11.7 Å². The van der Waals surface area contributed by atoms with Crippen LogP contribution in [0.15, 0.2) is 17.1 Å². The van der Waals surface area contributed by atoms with Gasteiger partial charge in [-0.2, -0.15) is 0 Å². The third-order valence-electron chi connectivity index (χ3n) is 4.63. The van der Waals surface area contributed by atoms with Crippen molar-refractivity contribution in [3.8, 4) is 0 Å². The number of aromatic nitrogens is 1. The Morgan fingerprint density at radius 2 is 2.04 bits per heavy atom. The van der Waals surface area contributed by atoms with Gasteiger partial charge in [-0.1, -0.05) is 20.8 Å². The predicted octanol–water partition coefficient (Wildman–Crippen LogP) is 1.52. The standard InChI is InChI=1S/C17H23N3O3/c1-17(2,3)13(22)10-11-12(21)7-9-20-15(11)16(23)19-8-5-4-6-14(19)18-20/h7,9,14,18H,4-6,8,10H2,1-3H3/t14-/m0/s1. The number of carbonyl (C=O) groups is 2. The Morgan fingerprint density at radius 3 is 2.74 bits per heavy atom. The Kier molecular flexibility index (Phi) is 3.78. The molecule has 0 unspecified atom stereocenters. The lowest BCUT2D eigenvalue weighted by molar-refractivity contribution is -0.125. The van der Waals surface area contributed by atoms with Crippen molar-refractivity contribution in [2.24, 2.45) is 5.41 Å². The molecule has 6 heteroatoms. The zero-order chi connectivity index (χ0) is 16.8. The van der Waals surface area contributed by atoms with Crippen molar-refractivity contribution in [1.29, 1.82) is 0 Å². The van der Waals surface area contributed by atoms with Gasteiger partial charge in [0.15, 0.2) is 5.43 Å². The lowest BCUT2D eigenvalue weighted by Gasteiger charge is -2.42. The van der Waals surface area contributed by atoms with Gasteiger partial charge < -0.3 is 10.3 Å². The van der Waals surface area contributed by atoms with E-state index in [9.17, 15) is 14.4 Å². The monoisotopic (exact) mass is 317 g/mol. The third-order valence-corrected chi connectivity index (χ3v) is 4.63. The fourth-order valence-corrected chi connectivity index (χ4v) is 3.12. The van der Waals surface area contributed by atoms with Gasteiger partial charge in [-0.25, -0.2) is 0 Å². The molecule has 1 N–H and O–H groups in total. The summed E-state index contributed by atoms with van der Waals surface area (Å²) in [5, 5.41) is 0. The van der Waals surface area contributed by atoms with Crippen molar-refractivity contribution in [3.05, 3.63) is 33.7 Å². The molecule has 2 aliphatic heterocycles. The van der Waals surface area contributed by atoms with Crippen molar-refractivity contribution in [1.82, 2.24) is 9.58 Å². The highest BCUT2D eigenvalue weighted by molar-refractivity contribution is 5.97. The number of fused-ring (bicyclic) bond motifs is 2. The van der Waals surface area contributed by atoms with Crippen molar-refractivity contribution in [2.45, 2.75) is 52.6 Å². The smallest absolute Gasteiger partial charge is 0.274 e. The molecule has 1 aromatic heterocycles. The number of ketones is 1. The van der Waals surface area contributed by atoms with Gasteiger partial charge in [-0.05, 0) is 19.3 Å². The van der Waals surface area contributed by atoms with Gasteiger partial charge in [0.2, 0.25) is 0 Å². The molecule has 3 heterocycles. The summed E-state index contributed by atoms with van der Waals surface area (Å²) in [5.41, 5.74) is 3.10. The van der Waals surface area contributed by atoms with Gasteiger partial charge in [-0.3, -0.25) is 19.1 Å². The highest BCUT2D eigenvalue weighted by Crippen LogP contribution is 2.25. The number of carbonyl (C=O) groups excluding carboxylic acids is 2. The van der Waals surface area contributed by atoms with Crippen molar-refractivity contribution in [2.75, 3.05) is 12.0 Å². The minimum absolute atomic E-state index is 0.00949. The second-order valence-corrected chi connectivity index (χ2v) is 7.37. The number of pyridine rings is 1. The van der Waals surface area contributed by atoms with Gasteiger partial charge >= 0.3 is 0 Å². The highest BCUT2D eigenvalue weighted by Gasteiger charge is 2.36. The third kappa shape index (κ3) is 2.78. The number of rotatable bonds is 2. The molecule has 0 bridgehead atoms. The molecule has 0 aromatic carbocycles. The van der Waals surface area contributed by atoms with E-state index in [1.807, 2.05) is 20.8 Å². The summed E-state index contributed by atoms with van der Waals surface area (Å²) in [4.78, 5) is 39.3. The van der Waals surface area contributed by atoms with E-state index in [1.165, 1.54) is 6.07 Å². The first kappa shape index (κ1) is 15.8. The van der Waals surface area contributed by atoms with Crippen LogP contribution in [0.25, 0.3) is 0 Å². The van der Waals surface area contributed by atoms with Gasteiger partial charge in [0.1, 0.15) is 17.6 Å². The molecule has 3 rings (SSSR count). The second kappa shape index (κ2) is 5.51. The molecule has 1 fully saturated rings. The highest BCUT2D eigenvalue weighted by atomic mass is 16.2. The molecule has 0 saturated carbocycles. The molecule has 23 heavy (non-hydrogen) atoms. The number of hydrogen-bond donors (Lipinski definition) is 1. The van der Waals surface area contributed by atoms with E-state index in [1.54, 1.807) is 15.8 Å². The van der Waals surface area contributed by atoms with Crippen molar-refractivity contribution < 1.29 is 9.59 Å². The largest absolute Gasteiger partial charge is 0.316 e. The molecule has 6 nitrogen and oxygen atoms in total. The molecule has 1 amide bonds. The molecule has 0 spiro atoms. The lowest BCUT2D eigenvalue weighted by Crippen LogP contribution is -2.56. The Labute approximate surface area is 135 Å². The van der Waals surface area contributed by atoms with Gasteiger partial charge in [-0.15, -0.1) is 0 Å². The number of nitrogens with zero attached hydrogens (tertiary/aromatic N) is 2. The van der Waals surface area contributed by atoms with Crippen LogP contribution in [0.3, 0.4) is 0 Å². The fourth-order valence-electron chi connectivity index (χ4n) is 3.12. The summed E-state index contributed by atoms with van der Waals surface area (Å²) in [6, 6.07) is 1.42. The van der Waals surface area contributed by atoms with Crippen LogP contribution in [0.2, 0.25) is 0 Å². The molecule has 1 saturated heterocycles. The van der Waals surface area contributed by atoms with Crippen LogP contribution in [0.1, 0.15) is 56.1 Å². The van der Waals surface area contributed by atoms with Crippen LogP contribution in [-0.4, -0.2) is 34.0 Å². The van der Waals surface area contributed by atoms with E-state index in [2.05, 4.69) is 5.43 Å². The van der Waals surface area contributed by atoms with E-state index < -0.39 is 5.41 Å². The number of nitrogens with one attached hydrogen (secondary N) is 1. The van der Waals surface area contributed by atoms with E-state index in [4.69, 9.17) is 0 Å². The molecular formula is C17H23N3O3. The van der Waals surface area contributed by atoms with Crippen LogP contribution in [0.5, 0.6) is 0 Å². The molecule has 2 aliphatic rings. The zero-order valence-corrected chi connectivity index (χ0v) is 13.9. The number of hydrogen-bond acceptors (Lipinski definition) is 4. The Hall–Kier alpha value is -2.11. The molecule has 1 atom stereocenters. The van der Waals surface area contributed by atoms with Crippen LogP contribution >= 0.6 is 0 Å². The van der Waals surface area contributed by atoms with Crippen LogP contribution in [-0.2, 0) is 11.2 Å². The predicted molar refractivity (Wildman–Crippen MR) is 86.9 cm³/mol. The average Bonchev–Trinajstić information content (AvgIpc) is 2.49. The summed E-state index contributed by atoms with van der Waals surface area (Å²) in [7, 11) is 0. The summed E-state index contributed by atoms with van der Waals surface area (Å²) in [6.45, 7) is 6.15. The maximum Gasteiger partial charge on any atom is 0.274 e. The zero-order valence-electron chi connectivity index (χ0n) is 13.9. The SMILES string of the molecule is CC(C)(C)C(=O)Cc1c2n(ccc1=O)N[C@@H]1CCCCN1C2=O. The van der Waals surface area contributed by atoms with Gasteiger partial charge in [0.05, 0.1) is 0 Å². The lowest BCUT2D eigenvalue weighted by atomic mass is 9.86. The van der Waals surface area contributed by atoms with E-state index in [0.717, 1.165) is 19.3 Å². The van der Waals surface area contributed by atoms with Crippen molar-refractivity contribution in [3.63, 3.8) is 0 Å². The Morgan fingerprint density at radius 1 is 1.30 bits per heavy atom. The summed E-state index contributed by atoms with van der Waals surface area (Å²) >= 11 is 0. The van der Waals surface area contributed by atoms with Gasteiger partial charge in [0.25, 0.3) is 5.91 Å². The fraction of sp³-hybridized carbons (Fsp3) is 0.588. The second-order valence-electron chi connectivity index (χ2n) is 7.37. The van der Waals surface area contributed by atoms with Crippen LogP contribution in [0.4, 0.5) is 0 Å². The molecule has 0 radical (unpaired) electrons. The van der Waals surface area contributed by atoms with E-state index in [0.29, 0.717) is 17.8 Å². The average molecular weight is 317 g/mol. The number of Topliss-reactive ketones (excluding diaryl/α,β-unsaturated/α-hetero) is 1. The molecule has 124 valence electrons. The number of piperidine rings is 1. The minimum Gasteiger partial charge on any atom is -0.316 e. The van der Waals surface area contributed by atoms with Crippen LogP contribution in [0, 0.1) is 5.41 Å². The van der Waals surface area contributed by atoms with E-state index >= 15 is 0 Å². The summed E-state index contributed by atoms with van der Waals surface area (Å²) in [5.74, 6) is -0.194. The quantitative estimate of drug-likeness (QED) is 0.897. The van der Waals surface area contributed by atoms with Crippen LogP contribution < -0.4 is 10.9 Å². The first-order valence-corrected chi connectivity index (χ1v) is 8.14.